The van der Waals surface area contributed by atoms with Crippen LogP contribution >= 0.6 is 0 Å². The quantitative estimate of drug-likeness (QED) is 0.482. The molecule has 2 aromatic rings. The number of non-ortho nitro benzene ring substituents is 1. The van der Waals surface area contributed by atoms with Gasteiger partial charge in [0.2, 0.25) is 11.7 Å². The van der Waals surface area contributed by atoms with Gasteiger partial charge >= 0.3 is 0 Å². The molecule has 0 fully saturated rings. The van der Waals surface area contributed by atoms with Crippen LogP contribution in [-0.2, 0) is 4.79 Å². The van der Waals surface area contributed by atoms with E-state index in [-0.39, 0.29) is 17.3 Å². The van der Waals surface area contributed by atoms with Crippen LogP contribution in [0.2, 0.25) is 0 Å². The zero-order valence-electron chi connectivity index (χ0n) is 16.8. The van der Waals surface area contributed by atoms with Gasteiger partial charge in [-0.15, -0.1) is 0 Å². The van der Waals surface area contributed by atoms with E-state index in [9.17, 15) is 14.9 Å². The number of nitro groups is 1. The first-order chi connectivity index (χ1) is 13.8. The molecule has 1 atom stereocenters. The summed E-state index contributed by atoms with van der Waals surface area (Å²) >= 11 is 0. The molecular formula is C19H23N3O7. The van der Waals surface area contributed by atoms with Gasteiger partial charge in [0.05, 0.1) is 45.1 Å². The Labute approximate surface area is 167 Å². The number of hydrogen-bond acceptors (Lipinski definition) is 8. The summed E-state index contributed by atoms with van der Waals surface area (Å²) in [6, 6.07) is 6.65. The fourth-order valence-corrected chi connectivity index (χ4v) is 2.62. The average molecular weight is 405 g/mol. The van der Waals surface area contributed by atoms with Crippen molar-refractivity contribution >= 4 is 23.0 Å². The molecule has 0 radical (unpaired) electrons. The highest BCUT2D eigenvalue weighted by molar-refractivity contribution is 5.97. The molecule has 0 heterocycles. The number of nitrogens with one attached hydrogen (secondary N) is 2. The smallest absolute Gasteiger partial charge is 0.273 e. The van der Waals surface area contributed by atoms with Crippen molar-refractivity contribution in [2.45, 2.75) is 13.0 Å². The zero-order valence-corrected chi connectivity index (χ0v) is 16.8. The minimum atomic E-state index is -0.655. The Hall–Kier alpha value is -3.69. The molecule has 0 saturated carbocycles. The van der Waals surface area contributed by atoms with Crippen molar-refractivity contribution in [3.63, 3.8) is 0 Å². The van der Waals surface area contributed by atoms with Gasteiger partial charge in [-0.3, -0.25) is 14.9 Å². The van der Waals surface area contributed by atoms with Crippen LogP contribution in [0.1, 0.15) is 6.92 Å². The number of amides is 1. The molecule has 10 nitrogen and oxygen atoms in total. The summed E-state index contributed by atoms with van der Waals surface area (Å²) in [5, 5.41) is 16.6. The summed E-state index contributed by atoms with van der Waals surface area (Å²) in [4.78, 5) is 22.9. The Morgan fingerprint density at radius 2 is 1.55 bits per heavy atom. The largest absolute Gasteiger partial charge is 0.494 e. The van der Waals surface area contributed by atoms with Gasteiger partial charge in [0.15, 0.2) is 11.5 Å². The molecule has 0 aliphatic carbocycles. The first kappa shape index (κ1) is 21.6. The third kappa shape index (κ3) is 4.98. The maximum Gasteiger partial charge on any atom is 0.273 e. The van der Waals surface area contributed by atoms with E-state index in [1.807, 2.05) is 0 Å². The molecule has 2 aromatic carbocycles. The maximum absolute atomic E-state index is 12.6. The normalized spacial score (nSPS) is 11.2. The summed E-state index contributed by atoms with van der Waals surface area (Å²) in [6.07, 6.45) is 0. The maximum atomic E-state index is 12.6. The highest BCUT2D eigenvalue weighted by Gasteiger charge is 2.19. The minimum absolute atomic E-state index is 0.136. The van der Waals surface area contributed by atoms with Crippen LogP contribution in [0.4, 0.5) is 17.1 Å². The van der Waals surface area contributed by atoms with Crippen LogP contribution in [0, 0.1) is 10.1 Å². The molecule has 0 aliphatic heterocycles. The van der Waals surface area contributed by atoms with E-state index >= 15 is 0 Å². The Bertz CT molecular complexity index is 876. The molecule has 2 rings (SSSR count). The lowest BCUT2D eigenvalue weighted by atomic mass is 10.2. The van der Waals surface area contributed by atoms with Gasteiger partial charge in [-0.1, -0.05) is 0 Å². The number of rotatable bonds is 9. The Balaban J connectivity index is 2.18. The lowest BCUT2D eigenvalue weighted by molar-refractivity contribution is -0.384. The first-order valence-corrected chi connectivity index (χ1v) is 8.54. The van der Waals surface area contributed by atoms with Crippen LogP contribution in [0.3, 0.4) is 0 Å². The molecule has 0 aromatic heterocycles. The number of carbonyl (C=O) groups excluding carboxylic acids is 1. The lowest BCUT2D eigenvalue weighted by Crippen LogP contribution is -2.32. The molecule has 0 spiro atoms. The molecule has 29 heavy (non-hydrogen) atoms. The monoisotopic (exact) mass is 405 g/mol. The molecule has 0 unspecified atom stereocenters. The fourth-order valence-electron chi connectivity index (χ4n) is 2.62. The van der Waals surface area contributed by atoms with Gasteiger partial charge in [-0.2, -0.15) is 0 Å². The van der Waals surface area contributed by atoms with E-state index in [1.165, 1.54) is 46.6 Å². The number of ether oxygens (including phenoxy) is 4. The second-order valence-corrected chi connectivity index (χ2v) is 5.91. The zero-order chi connectivity index (χ0) is 21.6. The number of nitro benzene ring substituents is 1. The van der Waals surface area contributed by atoms with E-state index in [2.05, 4.69) is 10.6 Å². The standard InChI is InChI=1S/C19H23N3O7/c1-11(20-12-8-16(27-3)18(29-5)17(9-12)28-4)19(23)21-14-7-6-13(22(24)25)10-15(14)26-2/h6-11,20H,1-5H3,(H,21,23)/t11-/m1/s1. The second-order valence-electron chi connectivity index (χ2n) is 5.91. The van der Waals surface area contributed by atoms with E-state index in [0.29, 0.717) is 28.6 Å². The van der Waals surface area contributed by atoms with Gasteiger partial charge < -0.3 is 29.6 Å². The Kier molecular flexibility index (Phi) is 7.07. The number of carbonyl (C=O) groups is 1. The molecule has 2 N–H and O–H groups in total. The molecule has 1 amide bonds. The molecule has 156 valence electrons. The summed E-state index contributed by atoms with van der Waals surface area (Å²) < 4.78 is 21.0. The third-order valence-electron chi connectivity index (χ3n) is 4.09. The SMILES string of the molecule is COc1cc([N+](=O)[O-])ccc1NC(=O)[C@@H](C)Nc1cc(OC)c(OC)c(OC)c1. The van der Waals surface area contributed by atoms with Crippen LogP contribution in [0.25, 0.3) is 0 Å². The van der Waals surface area contributed by atoms with Gasteiger partial charge in [0.1, 0.15) is 11.8 Å². The number of benzene rings is 2. The topological polar surface area (TPSA) is 121 Å². The van der Waals surface area contributed by atoms with Gasteiger partial charge in [0, 0.05) is 23.9 Å². The van der Waals surface area contributed by atoms with E-state index < -0.39 is 11.0 Å². The van der Waals surface area contributed by atoms with E-state index in [4.69, 9.17) is 18.9 Å². The van der Waals surface area contributed by atoms with Crippen LogP contribution in [0.15, 0.2) is 30.3 Å². The summed E-state index contributed by atoms with van der Waals surface area (Å²) in [6.45, 7) is 1.66. The van der Waals surface area contributed by atoms with Gasteiger partial charge in [-0.05, 0) is 13.0 Å². The van der Waals surface area contributed by atoms with Crippen molar-refractivity contribution in [1.29, 1.82) is 0 Å². The van der Waals surface area contributed by atoms with Gasteiger partial charge in [-0.25, -0.2) is 0 Å². The molecule has 0 bridgehead atoms. The predicted octanol–water partition coefficient (Wildman–Crippen LogP) is 3.07. The number of hydrogen-bond donors (Lipinski definition) is 2. The van der Waals surface area contributed by atoms with Crippen LogP contribution < -0.4 is 29.6 Å². The number of anilines is 2. The Morgan fingerprint density at radius 3 is 2.03 bits per heavy atom. The van der Waals surface area contributed by atoms with Crippen molar-refractivity contribution in [3.8, 4) is 23.0 Å². The summed E-state index contributed by atoms with van der Waals surface area (Å²) in [7, 11) is 5.86. The van der Waals surface area contributed by atoms with Crippen molar-refractivity contribution in [3.05, 3.63) is 40.4 Å². The molecule has 0 aliphatic rings. The summed E-state index contributed by atoms with van der Waals surface area (Å²) in [5.41, 5.74) is 0.767. The minimum Gasteiger partial charge on any atom is -0.494 e. The van der Waals surface area contributed by atoms with Crippen LogP contribution in [-0.4, -0.2) is 45.3 Å². The van der Waals surface area contributed by atoms with E-state index in [1.54, 1.807) is 19.1 Å². The average Bonchev–Trinajstić information content (AvgIpc) is 2.72. The van der Waals surface area contributed by atoms with Crippen molar-refractivity contribution in [1.82, 2.24) is 0 Å². The Morgan fingerprint density at radius 1 is 0.966 bits per heavy atom. The predicted molar refractivity (Wildman–Crippen MR) is 107 cm³/mol. The fraction of sp³-hybridized carbons (Fsp3) is 0.316. The lowest BCUT2D eigenvalue weighted by Gasteiger charge is -2.19. The molecule has 10 heteroatoms. The van der Waals surface area contributed by atoms with Crippen molar-refractivity contribution in [2.24, 2.45) is 0 Å². The van der Waals surface area contributed by atoms with Crippen molar-refractivity contribution in [2.75, 3.05) is 39.1 Å². The van der Waals surface area contributed by atoms with Gasteiger partial charge in [0.25, 0.3) is 5.69 Å². The highest BCUT2D eigenvalue weighted by atomic mass is 16.6. The van der Waals surface area contributed by atoms with Crippen LogP contribution in [0.5, 0.6) is 23.0 Å². The van der Waals surface area contributed by atoms with Crippen molar-refractivity contribution < 1.29 is 28.7 Å². The third-order valence-corrected chi connectivity index (χ3v) is 4.09. The number of nitrogens with zero attached hydrogens (tertiary/aromatic N) is 1. The molecule has 0 saturated heterocycles. The first-order valence-electron chi connectivity index (χ1n) is 8.54. The second kappa shape index (κ2) is 9.49. The van der Waals surface area contributed by atoms with E-state index in [0.717, 1.165) is 0 Å². The highest BCUT2D eigenvalue weighted by Crippen LogP contribution is 2.40. The number of methoxy groups -OCH3 is 4. The molecular weight excluding hydrogens is 382 g/mol. The summed E-state index contributed by atoms with van der Waals surface area (Å²) in [5.74, 6) is 1.14.